The van der Waals surface area contributed by atoms with Gasteiger partial charge in [-0.2, -0.15) is 0 Å². The Morgan fingerprint density at radius 2 is 1.77 bits per heavy atom. The van der Waals surface area contributed by atoms with Crippen LogP contribution in [0.2, 0.25) is 5.02 Å². The van der Waals surface area contributed by atoms with Crippen LogP contribution in [0.15, 0.2) is 23.6 Å². The lowest BCUT2D eigenvalue weighted by Gasteiger charge is -2.33. The van der Waals surface area contributed by atoms with E-state index in [9.17, 15) is 18.8 Å². The lowest BCUT2D eigenvalue weighted by Crippen LogP contribution is -2.50. The molecule has 11 heteroatoms. The molecule has 8 nitrogen and oxygen atoms in total. The second-order valence-electron chi connectivity index (χ2n) is 8.61. The summed E-state index contributed by atoms with van der Waals surface area (Å²) in [6.07, 6.45) is 1.37. The molecular formula is C24H28ClFN4O4S. The number of aromatic nitrogens is 1. The fourth-order valence-corrected chi connectivity index (χ4v) is 5.63. The zero-order chi connectivity index (χ0) is 24.9. The van der Waals surface area contributed by atoms with Crippen LogP contribution in [0.1, 0.15) is 51.5 Å². The average Bonchev–Trinajstić information content (AvgIpc) is 3.34. The van der Waals surface area contributed by atoms with Crippen molar-refractivity contribution in [2.45, 2.75) is 25.7 Å². The highest BCUT2D eigenvalue weighted by Gasteiger charge is 2.30. The van der Waals surface area contributed by atoms with Crippen LogP contribution in [-0.4, -0.2) is 89.9 Å². The van der Waals surface area contributed by atoms with Crippen LogP contribution >= 0.6 is 22.9 Å². The Balaban J connectivity index is 1.29. The number of esters is 1. The summed E-state index contributed by atoms with van der Waals surface area (Å²) in [5.74, 6) is -1.23. The van der Waals surface area contributed by atoms with Crippen LogP contribution in [0.4, 0.5) is 4.39 Å². The lowest BCUT2D eigenvalue weighted by molar-refractivity contribution is -0.144. The van der Waals surface area contributed by atoms with E-state index in [2.05, 4.69) is 4.98 Å². The van der Waals surface area contributed by atoms with Gasteiger partial charge in [0.15, 0.2) is 0 Å². The molecule has 0 aliphatic carbocycles. The molecule has 0 saturated carbocycles. The van der Waals surface area contributed by atoms with Gasteiger partial charge in [-0.1, -0.05) is 17.7 Å². The number of piperazine rings is 1. The first-order valence-corrected chi connectivity index (χ1v) is 13.0. The van der Waals surface area contributed by atoms with Crippen molar-refractivity contribution in [3.63, 3.8) is 0 Å². The Labute approximate surface area is 212 Å². The Kier molecular flexibility index (Phi) is 8.35. The molecule has 35 heavy (non-hydrogen) atoms. The minimum atomic E-state index is -0.616. The van der Waals surface area contributed by atoms with Gasteiger partial charge in [0.1, 0.15) is 11.5 Å². The molecule has 2 saturated heterocycles. The predicted molar refractivity (Wildman–Crippen MR) is 130 cm³/mol. The smallest absolute Gasteiger partial charge is 0.320 e. The number of amides is 2. The summed E-state index contributed by atoms with van der Waals surface area (Å²) in [6, 6.07) is 4.23. The molecule has 188 valence electrons. The summed E-state index contributed by atoms with van der Waals surface area (Å²) in [5, 5.41) is 2.78. The first-order chi connectivity index (χ1) is 16.9. The number of rotatable bonds is 6. The average molecular weight is 523 g/mol. The topological polar surface area (TPSA) is 83.0 Å². The molecule has 2 amide bonds. The van der Waals surface area contributed by atoms with Crippen LogP contribution in [0.3, 0.4) is 0 Å². The van der Waals surface area contributed by atoms with Crippen molar-refractivity contribution < 1.29 is 23.5 Å². The highest BCUT2D eigenvalue weighted by Crippen LogP contribution is 2.32. The largest absolute Gasteiger partial charge is 0.465 e. The SMILES string of the molecule is CCOC(=O)CN1CCN(C(=O)c2csc(C3CCN(C(=O)c4c(F)cccc4Cl)CC3)n2)CC1. The van der Waals surface area contributed by atoms with E-state index in [1.807, 2.05) is 4.90 Å². The number of carbonyl (C=O) groups is 3. The normalized spacial score (nSPS) is 17.5. The highest BCUT2D eigenvalue weighted by atomic mass is 35.5. The van der Waals surface area contributed by atoms with Crippen molar-refractivity contribution in [3.05, 3.63) is 50.7 Å². The molecule has 2 aliphatic heterocycles. The number of ether oxygens (including phenoxy) is 1. The quantitative estimate of drug-likeness (QED) is 0.541. The molecule has 0 radical (unpaired) electrons. The van der Waals surface area contributed by atoms with Gasteiger partial charge in [0, 0.05) is 50.6 Å². The molecule has 2 fully saturated rings. The van der Waals surface area contributed by atoms with Crippen molar-refractivity contribution in [2.24, 2.45) is 0 Å². The van der Waals surface area contributed by atoms with Gasteiger partial charge in [-0.15, -0.1) is 11.3 Å². The van der Waals surface area contributed by atoms with Crippen molar-refractivity contribution in [2.75, 3.05) is 52.4 Å². The first-order valence-electron chi connectivity index (χ1n) is 11.7. The van der Waals surface area contributed by atoms with Crippen LogP contribution in [0.5, 0.6) is 0 Å². The van der Waals surface area contributed by atoms with E-state index in [0.29, 0.717) is 64.4 Å². The molecule has 0 bridgehead atoms. The Morgan fingerprint density at radius 1 is 1.09 bits per heavy atom. The number of halogens is 2. The number of likely N-dealkylation sites (tertiary alicyclic amines) is 1. The van der Waals surface area contributed by atoms with Crippen LogP contribution in [0, 0.1) is 5.82 Å². The number of benzene rings is 1. The van der Waals surface area contributed by atoms with E-state index in [-0.39, 0.29) is 34.9 Å². The summed E-state index contributed by atoms with van der Waals surface area (Å²) in [7, 11) is 0. The maximum Gasteiger partial charge on any atom is 0.320 e. The van der Waals surface area contributed by atoms with Gasteiger partial charge < -0.3 is 14.5 Å². The number of piperidine rings is 1. The molecule has 3 heterocycles. The Hall–Kier alpha value is -2.56. The summed E-state index contributed by atoms with van der Waals surface area (Å²) in [6.45, 7) is 5.61. The maximum atomic E-state index is 14.1. The van der Waals surface area contributed by atoms with E-state index in [1.54, 1.807) is 22.1 Å². The fraction of sp³-hybridized carbons (Fsp3) is 0.500. The molecule has 2 aliphatic rings. The summed E-state index contributed by atoms with van der Waals surface area (Å²) < 4.78 is 19.1. The molecule has 0 unspecified atom stereocenters. The van der Waals surface area contributed by atoms with Crippen molar-refractivity contribution >= 4 is 40.7 Å². The van der Waals surface area contributed by atoms with E-state index in [0.717, 1.165) is 5.01 Å². The third-order valence-electron chi connectivity index (χ3n) is 6.37. The van der Waals surface area contributed by atoms with Gasteiger partial charge >= 0.3 is 5.97 Å². The third kappa shape index (κ3) is 5.99. The van der Waals surface area contributed by atoms with Crippen LogP contribution < -0.4 is 0 Å². The van der Waals surface area contributed by atoms with E-state index < -0.39 is 11.7 Å². The number of nitrogens with zero attached hydrogens (tertiary/aromatic N) is 4. The highest BCUT2D eigenvalue weighted by molar-refractivity contribution is 7.09. The number of thiazole rings is 1. The molecule has 2 aromatic rings. The molecular weight excluding hydrogens is 495 g/mol. The van der Waals surface area contributed by atoms with Crippen LogP contribution in [0.25, 0.3) is 0 Å². The van der Waals surface area contributed by atoms with Crippen molar-refractivity contribution in [1.82, 2.24) is 19.7 Å². The Morgan fingerprint density at radius 3 is 2.43 bits per heavy atom. The second-order valence-corrected chi connectivity index (χ2v) is 9.90. The molecule has 0 atom stereocenters. The lowest BCUT2D eigenvalue weighted by atomic mass is 9.97. The molecule has 4 rings (SSSR count). The third-order valence-corrected chi connectivity index (χ3v) is 7.69. The van der Waals surface area contributed by atoms with Gasteiger partial charge in [0.2, 0.25) is 0 Å². The Bertz CT molecular complexity index is 1060. The van der Waals surface area contributed by atoms with Gasteiger partial charge in [-0.25, -0.2) is 9.37 Å². The zero-order valence-electron chi connectivity index (χ0n) is 19.5. The van der Waals surface area contributed by atoms with Gasteiger partial charge in [-0.05, 0) is 31.9 Å². The number of carbonyl (C=O) groups excluding carboxylic acids is 3. The van der Waals surface area contributed by atoms with E-state index in [4.69, 9.17) is 16.3 Å². The monoisotopic (exact) mass is 522 g/mol. The maximum absolute atomic E-state index is 14.1. The summed E-state index contributed by atoms with van der Waals surface area (Å²) in [5.41, 5.74) is 0.345. The van der Waals surface area contributed by atoms with Gasteiger partial charge in [0.25, 0.3) is 11.8 Å². The minimum Gasteiger partial charge on any atom is -0.465 e. The molecule has 1 aromatic heterocycles. The first kappa shape index (κ1) is 25.5. The van der Waals surface area contributed by atoms with E-state index in [1.165, 1.54) is 29.5 Å². The number of hydrogen-bond acceptors (Lipinski definition) is 7. The summed E-state index contributed by atoms with van der Waals surface area (Å²) in [4.78, 5) is 47.4. The molecule has 1 aromatic carbocycles. The minimum absolute atomic E-state index is 0.0860. The second kappa shape index (κ2) is 11.5. The van der Waals surface area contributed by atoms with Crippen LogP contribution in [-0.2, 0) is 9.53 Å². The standard InChI is InChI=1S/C24H28ClFN4O4S/c1-2-34-20(31)14-28-10-12-30(13-11-28)23(32)19-15-35-22(27-19)16-6-8-29(9-7-16)24(33)21-17(25)4-3-5-18(21)26/h3-5,15-16H,2,6-14H2,1H3. The zero-order valence-corrected chi connectivity index (χ0v) is 21.1. The predicted octanol–water partition coefficient (Wildman–Crippen LogP) is 3.28. The van der Waals surface area contributed by atoms with Crippen molar-refractivity contribution in [1.29, 1.82) is 0 Å². The van der Waals surface area contributed by atoms with Gasteiger partial charge in [-0.3, -0.25) is 19.3 Å². The molecule has 0 N–H and O–H groups in total. The van der Waals surface area contributed by atoms with E-state index >= 15 is 0 Å². The number of hydrogen-bond donors (Lipinski definition) is 0. The van der Waals surface area contributed by atoms with Crippen molar-refractivity contribution in [3.8, 4) is 0 Å². The summed E-state index contributed by atoms with van der Waals surface area (Å²) >= 11 is 7.51. The molecule has 0 spiro atoms. The fourth-order valence-electron chi connectivity index (χ4n) is 4.42. The van der Waals surface area contributed by atoms with Gasteiger partial charge in [0.05, 0.1) is 28.7 Å².